The number of anilines is 1. The van der Waals surface area contributed by atoms with Crippen molar-refractivity contribution in [2.24, 2.45) is 10.9 Å². The summed E-state index contributed by atoms with van der Waals surface area (Å²) in [5.74, 6) is 1.47. The maximum Gasteiger partial charge on any atom is 0.148 e. The first-order chi connectivity index (χ1) is 13.2. The van der Waals surface area contributed by atoms with Crippen molar-refractivity contribution in [3.63, 3.8) is 0 Å². The lowest BCUT2D eigenvalue weighted by Gasteiger charge is -2.30. The molecule has 3 heteroatoms. The lowest BCUT2D eigenvalue weighted by atomic mass is 9.93. The summed E-state index contributed by atoms with van der Waals surface area (Å²) in [5.41, 5.74) is 4.80. The molecule has 2 aromatic rings. The summed E-state index contributed by atoms with van der Waals surface area (Å²) in [4.78, 5) is 7.59. The van der Waals surface area contributed by atoms with Crippen LogP contribution in [0.5, 0.6) is 5.75 Å². The molecular formula is C24H26N2O. The molecule has 2 aromatic carbocycles. The first-order valence-corrected chi connectivity index (χ1v) is 9.61. The van der Waals surface area contributed by atoms with Crippen LogP contribution >= 0.6 is 0 Å². The molecule has 0 amide bonds. The van der Waals surface area contributed by atoms with Gasteiger partial charge in [0.1, 0.15) is 11.9 Å². The predicted molar refractivity (Wildman–Crippen MR) is 113 cm³/mol. The third-order valence-corrected chi connectivity index (χ3v) is 5.42. The quantitative estimate of drug-likeness (QED) is 0.714. The molecule has 0 bridgehead atoms. The second kappa shape index (κ2) is 7.43. The topological polar surface area (TPSA) is 24.8 Å². The van der Waals surface area contributed by atoms with E-state index in [4.69, 9.17) is 9.73 Å². The van der Waals surface area contributed by atoms with Crippen molar-refractivity contribution >= 4 is 11.4 Å². The molecule has 0 saturated carbocycles. The molecular weight excluding hydrogens is 332 g/mol. The molecule has 27 heavy (non-hydrogen) atoms. The Balaban J connectivity index is 1.74. The van der Waals surface area contributed by atoms with Crippen LogP contribution < -0.4 is 9.64 Å². The largest absolute Gasteiger partial charge is 0.497 e. The molecule has 2 aliphatic rings. The van der Waals surface area contributed by atoms with E-state index in [1.54, 1.807) is 7.11 Å². The highest BCUT2D eigenvalue weighted by atomic mass is 16.5. The predicted octanol–water partition coefficient (Wildman–Crippen LogP) is 5.57. The molecule has 0 fully saturated rings. The molecule has 1 heterocycles. The number of benzene rings is 2. The van der Waals surface area contributed by atoms with Crippen molar-refractivity contribution in [3.05, 3.63) is 84.0 Å². The minimum absolute atomic E-state index is 0.0306. The second-order valence-corrected chi connectivity index (χ2v) is 7.31. The maximum absolute atomic E-state index is 5.32. The minimum Gasteiger partial charge on any atom is -0.497 e. The van der Waals surface area contributed by atoms with Crippen molar-refractivity contribution in [1.82, 2.24) is 0 Å². The lowest BCUT2D eigenvalue weighted by molar-refractivity contribution is 0.414. The Morgan fingerprint density at radius 2 is 1.74 bits per heavy atom. The average molecular weight is 358 g/mol. The molecule has 3 unspecified atom stereocenters. The van der Waals surface area contributed by atoms with Crippen molar-refractivity contribution in [3.8, 4) is 5.75 Å². The van der Waals surface area contributed by atoms with Crippen LogP contribution in [-0.4, -0.2) is 18.9 Å². The van der Waals surface area contributed by atoms with Crippen LogP contribution in [-0.2, 0) is 0 Å². The molecule has 0 spiro atoms. The number of allylic oxidation sites excluding steroid dienone is 3. The van der Waals surface area contributed by atoms with Gasteiger partial charge in [0.25, 0.3) is 0 Å². The van der Waals surface area contributed by atoms with Gasteiger partial charge in [-0.15, -0.1) is 0 Å². The smallest absolute Gasteiger partial charge is 0.148 e. The van der Waals surface area contributed by atoms with E-state index in [1.165, 1.54) is 22.5 Å². The SMILES string of the molecule is COc1ccc(C2N=C(C3=CCC(C)C=C3)C(C)N2c2ccccc2)cc1. The summed E-state index contributed by atoms with van der Waals surface area (Å²) in [7, 11) is 1.70. The second-order valence-electron chi connectivity index (χ2n) is 7.31. The van der Waals surface area contributed by atoms with E-state index >= 15 is 0 Å². The zero-order valence-corrected chi connectivity index (χ0v) is 16.2. The van der Waals surface area contributed by atoms with Crippen molar-refractivity contribution < 1.29 is 4.74 Å². The van der Waals surface area contributed by atoms with Crippen LogP contribution in [0.1, 0.15) is 32.0 Å². The number of aliphatic imine (C=N–C) groups is 1. The molecule has 4 rings (SSSR count). The van der Waals surface area contributed by atoms with Crippen LogP contribution in [0, 0.1) is 5.92 Å². The molecule has 0 radical (unpaired) electrons. The van der Waals surface area contributed by atoms with E-state index in [0.29, 0.717) is 5.92 Å². The molecule has 0 aromatic heterocycles. The van der Waals surface area contributed by atoms with E-state index in [2.05, 4.69) is 79.4 Å². The Morgan fingerprint density at radius 3 is 2.37 bits per heavy atom. The van der Waals surface area contributed by atoms with Gasteiger partial charge in [0.2, 0.25) is 0 Å². The maximum atomic E-state index is 5.32. The zero-order chi connectivity index (χ0) is 18.8. The fraction of sp³-hybridized carbons (Fsp3) is 0.292. The van der Waals surface area contributed by atoms with Gasteiger partial charge >= 0.3 is 0 Å². The van der Waals surface area contributed by atoms with Gasteiger partial charge in [-0.1, -0.05) is 55.5 Å². The van der Waals surface area contributed by atoms with Gasteiger partial charge in [-0.25, -0.2) is 0 Å². The first-order valence-electron chi connectivity index (χ1n) is 9.61. The van der Waals surface area contributed by atoms with Crippen LogP contribution in [0.2, 0.25) is 0 Å². The molecule has 1 aliphatic carbocycles. The van der Waals surface area contributed by atoms with E-state index in [-0.39, 0.29) is 12.2 Å². The molecule has 138 valence electrons. The van der Waals surface area contributed by atoms with Crippen molar-refractivity contribution in [2.75, 3.05) is 12.0 Å². The Bertz CT molecular complexity index is 880. The van der Waals surface area contributed by atoms with Gasteiger partial charge in [0.05, 0.1) is 18.9 Å². The number of ether oxygens (including phenoxy) is 1. The average Bonchev–Trinajstić information content (AvgIpc) is 3.06. The Hall–Kier alpha value is -2.81. The van der Waals surface area contributed by atoms with E-state index < -0.39 is 0 Å². The van der Waals surface area contributed by atoms with Crippen LogP contribution in [0.25, 0.3) is 0 Å². The van der Waals surface area contributed by atoms with Crippen LogP contribution in [0.3, 0.4) is 0 Å². The molecule has 0 saturated heterocycles. The number of para-hydroxylation sites is 1. The van der Waals surface area contributed by atoms with E-state index in [9.17, 15) is 0 Å². The monoisotopic (exact) mass is 358 g/mol. The van der Waals surface area contributed by atoms with Crippen molar-refractivity contribution in [2.45, 2.75) is 32.5 Å². The lowest BCUT2D eigenvalue weighted by Crippen LogP contribution is -2.35. The Kier molecular flexibility index (Phi) is 4.85. The molecule has 0 N–H and O–H groups in total. The number of hydrogen-bond donors (Lipinski definition) is 0. The summed E-state index contributed by atoms with van der Waals surface area (Å²) in [6.45, 7) is 4.50. The summed E-state index contributed by atoms with van der Waals surface area (Å²) < 4.78 is 5.32. The van der Waals surface area contributed by atoms with Crippen LogP contribution in [0.4, 0.5) is 5.69 Å². The van der Waals surface area contributed by atoms with Gasteiger partial charge in [-0.2, -0.15) is 0 Å². The summed E-state index contributed by atoms with van der Waals surface area (Å²) in [6, 6.07) is 19.0. The summed E-state index contributed by atoms with van der Waals surface area (Å²) >= 11 is 0. The van der Waals surface area contributed by atoms with Crippen LogP contribution in [0.15, 0.2) is 83.4 Å². The molecule has 3 nitrogen and oxygen atoms in total. The highest BCUT2D eigenvalue weighted by Gasteiger charge is 2.35. The standard InChI is InChI=1S/C24H26N2O/c1-17-9-11-19(12-10-17)23-18(2)26(21-7-5-4-6-8-21)24(25-23)20-13-15-22(27-3)16-14-20/h4-9,11-18,24H,10H2,1-3H3. The third kappa shape index (κ3) is 3.42. The Morgan fingerprint density at radius 1 is 1.00 bits per heavy atom. The van der Waals surface area contributed by atoms with Crippen molar-refractivity contribution in [1.29, 1.82) is 0 Å². The molecule has 3 atom stereocenters. The zero-order valence-electron chi connectivity index (χ0n) is 16.2. The fourth-order valence-corrected chi connectivity index (χ4v) is 3.85. The van der Waals surface area contributed by atoms with Gasteiger partial charge < -0.3 is 9.64 Å². The third-order valence-electron chi connectivity index (χ3n) is 5.42. The first kappa shape index (κ1) is 17.6. The van der Waals surface area contributed by atoms with Gasteiger partial charge in [0.15, 0.2) is 0 Å². The highest BCUT2D eigenvalue weighted by Crippen LogP contribution is 2.38. The van der Waals surface area contributed by atoms with E-state index in [0.717, 1.165) is 12.2 Å². The number of methoxy groups -OCH3 is 1. The summed E-state index contributed by atoms with van der Waals surface area (Å²) in [5, 5.41) is 0. The van der Waals surface area contributed by atoms with Gasteiger partial charge in [-0.3, -0.25) is 4.99 Å². The number of nitrogens with zero attached hydrogens (tertiary/aromatic N) is 2. The normalized spacial score (nSPS) is 24.6. The molecule has 1 aliphatic heterocycles. The van der Waals surface area contributed by atoms with Gasteiger partial charge in [-0.05, 0) is 54.7 Å². The highest BCUT2D eigenvalue weighted by molar-refractivity contribution is 6.09. The van der Waals surface area contributed by atoms with E-state index in [1.807, 2.05) is 12.1 Å². The summed E-state index contributed by atoms with van der Waals surface area (Å²) in [6.07, 6.45) is 7.91. The Labute approximate surface area is 161 Å². The number of rotatable bonds is 4. The minimum atomic E-state index is -0.0306. The fourth-order valence-electron chi connectivity index (χ4n) is 3.85. The number of hydrogen-bond acceptors (Lipinski definition) is 3. The van der Waals surface area contributed by atoms with Gasteiger partial charge in [0, 0.05) is 5.69 Å².